The van der Waals surface area contributed by atoms with Crippen LogP contribution in [0, 0.1) is 17.8 Å². The first-order valence-corrected chi connectivity index (χ1v) is 7.80. The van der Waals surface area contributed by atoms with E-state index in [0.717, 1.165) is 30.6 Å². The molecule has 0 bridgehead atoms. The minimum Gasteiger partial charge on any atom is -0.327 e. The average Bonchev–Trinajstić information content (AvgIpc) is 2.81. The molecule has 1 atom stereocenters. The van der Waals surface area contributed by atoms with Crippen LogP contribution in [0.3, 0.4) is 0 Å². The lowest BCUT2D eigenvalue weighted by atomic mass is 9.74. The van der Waals surface area contributed by atoms with Gasteiger partial charge in [0, 0.05) is 25.0 Å². The monoisotopic (exact) mass is 263 g/mol. The quantitative estimate of drug-likeness (QED) is 0.887. The number of hydrogen-bond acceptors (Lipinski definition) is 2. The molecule has 0 spiro atoms. The molecule has 108 valence electrons. The SMILES string of the molecule is CC(C)C1CCC(C(N)CCc2ccnn2C)CC1. The van der Waals surface area contributed by atoms with E-state index in [2.05, 4.69) is 25.0 Å². The smallest absolute Gasteiger partial charge is 0.0492 e. The highest BCUT2D eigenvalue weighted by Gasteiger charge is 2.26. The standard InChI is InChI=1S/C16H29N3/c1-12(2)13-4-6-14(7-5-13)16(17)9-8-15-10-11-18-19(15)3/h10-14,16H,4-9,17H2,1-3H3. The first kappa shape index (κ1) is 14.6. The molecule has 1 aliphatic carbocycles. The predicted molar refractivity (Wildman–Crippen MR) is 79.8 cm³/mol. The van der Waals surface area contributed by atoms with E-state index >= 15 is 0 Å². The maximum Gasteiger partial charge on any atom is 0.0492 e. The van der Waals surface area contributed by atoms with E-state index in [1.807, 2.05) is 17.9 Å². The van der Waals surface area contributed by atoms with Crippen LogP contribution in [0.1, 0.15) is 51.6 Å². The summed E-state index contributed by atoms with van der Waals surface area (Å²) < 4.78 is 1.96. The molecule has 3 nitrogen and oxygen atoms in total. The van der Waals surface area contributed by atoms with Gasteiger partial charge in [0.2, 0.25) is 0 Å². The van der Waals surface area contributed by atoms with Crippen molar-refractivity contribution in [3.05, 3.63) is 18.0 Å². The molecule has 1 heterocycles. The Kier molecular flexibility index (Phi) is 5.03. The first-order chi connectivity index (χ1) is 9.08. The topological polar surface area (TPSA) is 43.8 Å². The molecular weight excluding hydrogens is 234 g/mol. The van der Waals surface area contributed by atoms with Crippen LogP contribution in [-0.2, 0) is 13.5 Å². The number of rotatable bonds is 5. The first-order valence-electron chi connectivity index (χ1n) is 7.80. The Morgan fingerprint density at radius 1 is 1.26 bits per heavy atom. The van der Waals surface area contributed by atoms with Gasteiger partial charge in [-0.1, -0.05) is 13.8 Å². The molecule has 0 radical (unpaired) electrons. The summed E-state index contributed by atoms with van der Waals surface area (Å²) in [5.74, 6) is 2.51. The Balaban J connectivity index is 1.75. The highest BCUT2D eigenvalue weighted by atomic mass is 15.2. The van der Waals surface area contributed by atoms with E-state index in [9.17, 15) is 0 Å². The lowest BCUT2D eigenvalue weighted by molar-refractivity contribution is 0.199. The number of nitrogens with two attached hydrogens (primary N) is 1. The van der Waals surface area contributed by atoms with Gasteiger partial charge in [-0.25, -0.2) is 0 Å². The second-order valence-corrected chi connectivity index (χ2v) is 6.57. The largest absolute Gasteiger partial charge is 0.327 e. The Hall–Kier alpha value is -0.830. The predicted octanol–water partition coefficient (Wildman–Crippen LogP) is 3.14. The van der Waals surface area contributed by atoms with Crippen molar-refractivity contribution in [1.29, 1.82) is 0 Å². The van der Waals surface area contributed by atoms with Gasteiger partial charge in [0.05, 0.1) is 0 Å². The van der Waals surface area contributed by atoms with Crippen molar-refractivity contribution in [3.63, 3.8) is 0 Å². The maximum atomic E-state index is 6.41. The van der Waals surface area contributed by atoms with Crippen LogP contribution in [0.4, 0.5) is 0 Å². The molecule has 3 heteroatoms. The Morgan fingerprint density at radius 3 is 2.42 bits per heavy atom. The molecule has 1 aromatic rings. The number of nitrogens with zero attached hydrogens (tertiary/aromatic N) is 2. The molecule has 1 fully saturated rings. The zero-order valence-corrected chi connectivity index (χ0v) is 12.7. The van der Waals surface area contributed by atoms with Gasteiger partial charge in [-0.15, -0.1) is 0 Å². The van der Waals surface area contributed by atoms with Gasteiger partial charge in [-0.05, 0) is 62.3 Å². The second-order valence-electron chi connectivity index (χ2n) is 6.57. The highest BCUT2D eigenvalue weighted by Crippen LogP contribution is 2.35. The van der Waals surface area contributed by atoms with Crippen LogP contribution < -0.4 is 5.73 Å². The van der Waals surface area contributed by atoms with Gasteiger partial charge < -0.3 is 5.73 Å². The van der Waals surface area contributed by atoms with Crippen molar-refractivity contribution in [2.75, 3.05) is 0 Å². The van der Waals surface area contributed by atoms with Crippen LogP contribution in [0.2, 0.25) is 0 Å². The van der Waals surface area contributed by atoms with Crippen LogP contribution >= 0.6 is 0 Å². The lowest BCUT2D eigenvalue weighted by Crippen LogP contribution is -2.34. The summed E-state index contributed by atoms with van der Waals surface area (Å²) in [6.07, 6.45) is 9.43. The average molecular weight is 263 g/mol. The van der Waals surface area contributed by atoms with Crippen molar-refractivity contribution in [2.45, 2.75) is 58.4 Å². The summed E-state index contributed by atoms with van der Waals surface area (Å²) in [7, 11) is 2.01. The number of aryl methyl sites for hydroxylation is 2. The van der Waals surface area contributed by atoms with E-state index in [1.54, 1.807) is 0 Å². The second kappa shape index (κ2) is 6.56. The van der Waals surface area contributed by atoms with Crippen molar-refractivity contribution in [1.82, 2.24) is 9.78 Å². The molecule has 0 aliphatic heterocycles. The molecule has 2 rings (SSSR count). The molecule has 0 aromatic carbocycles. The van der Waals surface area contributed by atoms with Crippen LogP contribution in [0.15, 0.2) is 12.3 Å². The van der Waals surface area contributed by atoms with Gasteiger partial charge in [0.1, 0.15) is 0 Å². The summed E-state index contributed by atoms with van der Waals surface area (Å²) in [4.78, 5) is 0. The minimum absolute atomic E-state index is 0.364. The van der Waals surface area contributed by atoms with E-state index in [4.69, 9.17) is 5.73 Å². The molecule has 1 unspecified atom stereocenters. The van der Waals surface area contributed by atoms with E-state index in [1.165, 1.54) is 31.4 Å². The fourth-order valence-corrected chi connectivity index (χ4v) is 3.44. The third kappa shape index (κ3) is 3.82. The fraction of sp³-hybridized carbons (Fsp3) is 0.812. The highest BCUT2D eigenvalue weighted by molar-refractivity contribution is 5.00. The summed E-state index contributed by atoms with van der Waals surface area (Å²) in [5.41, 5.74) is 7.70. The Labute approximate surface area is 117 Å². The Morgan fingerprint density at radius 2 is 1.89 bits per heavy atom. The van der Waals surface area contributed by atoms with Crippen molar-refractivity contribution < 1.29 is 0 Å². The van der Waals surface area contributed by atoms with Crippen molar-refractivity contribution >= 4 is 0 Å². The van der Waals surface area contributed by atoms with Gasteiger partial charge in [0.25, 0.3) is 0 Å². The van der Waals surface area contributed by atoms with Gasteiger partial charge in [0.15, 0.2) is 0 Å². The summed E-state index contributed by atoms with van der Waals surface area (Å²) >= 11 is 0. The zero-order chi connectivity index (χ0) is 13.8. The van der Waals surface area contributed by atoms with Gasteiger partial charge >= 0.3 is 0 Å². The zero-order valence-electron chi connectivity index (χ0n) is 12.7. The molecule has 1 aromatic heterocycles. The molecule has 2 N–H and O–H groups in total. The minimum atomic E-state index is 0.364. The van der Waals surface area contributed by atoms with E-state index in [-0.39, 0.29) is 0 Å². The van der Waals surface area contributed by atoms with Gasteiger partial charge in [-0.3, -0.25) is 4.68 Å². The molecule has 1 aliphatic rings. The summed E-state index contributed by atoms with van der Waals surface area (Å²) in [6.45, 7) is 4.71. The molecule has 1 saturated carbocycles. The van der Waals surface area contributed by atoms with Crippen LogP contribution in [-0.4, -0.2) is 15.8 Å². The molecular formula is C16H29N3. The normalized spacial score (nSPS) is 25.7. The Bertz CT molecular complexity index is 375. The maximum absolute atomic E-state index is 6.41. The number of hydrogen-bond donors (Lipinski definition) is 1. The van der Waals surface area contributed by atoms with Gasteiger partial charge in [-0.2, -0.15) is 5.10 Å². The summed E-state index contributed by atoms with van der Waals surface area (Å²) in [5, 5.41) is 4.21. The van der Waals surface area contributed by atoms with Crippen LogP contribution in [0.25, 0.3) is 0 Å². The summed E-state index contributed by atoms with van der Waals surface area (Å²) in [6, 6.07) is 2.46. The number of aromatic nitrogens is 2. The van der Waals surface area contributed by atoms with Crippen molar-refractivity contribution in [3.8, 4) is 0 Å². The third-order valence-electron chi connectivity index (χ3n) is 5.02. The molecule has 19 heavy (non-hydrogen) atoms. The molecule has 0 saturated heterocycles. The fourth-order valence-electron chi connectivity index (χ4n) is 3.44. The third-order valence-corrected chi connectivity index (χ3v) is 5.02. The van der Waals surface area contributed by atoms with E-state index < -0.39 is 0 Å². The van der Waals surface area contributed by atoms with Crippen LogP contribution in [0.5, 0.6) is 0 Å². The lowest BCUT2D eigenvalue weighted by Gasteiger charge is -2.34. The van der Waals surface area contributed by atoms with Crippen molar-refractivity contribution in [2.24, 2.45) is 30.5 Å². The molecule has 0 amide bonds. The van der Waals surface area contributed by atoms with E-state index in [0.29, 0.717) is 6.04 Å².